The van der Waals surface area contributed by atoms with Crippen molar-refractivity contribution in [2.24, 2.45) is 5.92 Å². The van der Waals surface area contributed by atoms with E-state index in [4.69, 9.17) is 11.6 Å². The van der Waals surface area contributed by atoms with Crippen LogP contribution >= 0.6 is 11.6 Å². The third-order valence-electron chi connectivity index (χ3n) is 4.27. The van der Waals surface area contributed by atoms with Crippen molar-refractivity contribution < 1.29 is 0 Å². The molecule has 0 unspecified atom stereocenters. The van der Waals surface area contributed by atoms with Crippen molar-refractivity contribution in [1.29, 1.82) is 0 Å². The molecule has 5 heteroatoms. The smallest absolute Gasteiger partial charge is 0.287 e. The highest BCUT2D eigenvalue weighted by atomic mass is 35.5. The molecule has 0 aliphatic carbocycles. The number of hydrogen-bond donors (Lipinski definition) is 0. The number of aromatic nitrogens is 2. The Balaban J connectivity index is 1.84. The zero-order valence-electron chi connectivity index (χ0n) is 12.7. The molecule has 2 aromatic rings. The first-order chi connectivity index (χ1) is 10.6. The van der Waals surface area contributed by atoms with Gasteiger partial charge in [0.2, 0.25) is 0 Å². The molecule has 1 saturated heterocycles. The van der Waals surface area contributed by atoms with E-state index in [0.29, 0.717) is 6.54 Å². The van der Waals surface area contributed by atoms with E-state index in [0.717, 1.165) is 43.1 Å². The van der Waals surface area contributed by atoms with Crippen LogP contribution in [0.25, 0.3) is 0 Å². The second-order valence-corrected chi connectivity index (χ2v) is 6.34. The average molecular weight is 318 g/mol. The molecule has 22 heavy (non-hydrogen) atoms. The second-order valence-electron chi connectivity index (χ2n) is 5.96. The van der Waals surface area contributed by atoms with Gasteiger partial charge in [-0.2, -0.15) is 5.10 Å². The van der Waals surface area contributed by atoms with Crippen LogP contribution in [-0.2, 0) is 6.54 Å². The molecule has 0 saturated carbocycles. The predicted molar refractivity (Wildman–Crippen MR) is 89.7 cm³/mol. The molecule has 0 atom stereocenters. The van der Waals surface area contributed by atoms with Gasteiger partial charge in [0.15, 0.2) is 0 Å². The Hall–Kier alpha value is -1.81. The predicted octanol–water partition coefficient (Wildman–Crippen LogP) is 3.18. The molecule has 0 spiro atoms. The number of benzene rings is 1. The van der Waals surface area contributed by atoms with E-state index in [1.165, 1.54) is 4.68 Å². The van der Waals surface area contributed by atoms with Gasteiger partial charge in [-0.1, -0.05) is 48.9 Å². The highest BCUT2D eigenvalue weighted by molar-refractivity contribution is 6.33. The monoisotopic (exact) mass is 317 g/mol. The molecule has 0 radical (unpaired) electrons. The third-order valence-corrected chi connectivity index (χ3v) is 4.62. The molecule has 1 aliphatic rings. The van der Waals surface area contributed by atoms with Crippen molar-refractivity contribution in [1.82, 2.24) is 9.78 Å². The van der Waals surface area contributed by atoms with Gasteiger partial charge in [0.05, 0.1) is 18.4 Å². The normalized spacial score (nSPS) is 16.0. The number of piperidine rings is 1. The second kappa shape index (κ2) is 6.53. The van der Waals surface area contributed by atoms with Crippen LogP contribution in [0, 0.1) is 5.92 Å². The topological polar surface area (TPSA) is 38.1 Å². The average Bonchev–Trinajstić information content (AvgIpc) is 2.54. The first-order valence-electron chi connectivity index (χ1n) is 7.69. The fourth-order valence-corrected chi connectivity index (χ4v) is 3.06. The minimum absolute atomic E-state index is 0.221. The first kappa shape index (κ1) is 15.1. The Labute approximate surface area is 135 Å². The van der Waals surface area contributed by atoms with Gasteiger partial charge in [0, 0.05) is 13.1 Å². The molecule has 1 aliphatic heterocycles. The summed E-state index contributed by atoms with van der Waals surface area (Å²) in [6, 6.07) is 9.80. The number of halogens is 1. The standard InChI is InChI=1S/C17H20ClN3O/c1-13-7-9-20(10-8-13)15-11-19-21(17(22)16(15)18)12-14-5-3-2-4-6-14/h2-6,11,13H,7-10,12H2,1H3. The molecular formula is C17H20ClN3O. The van der Waals surface area contributed by atoms with Crippen LogP contribution in [0.5, 0.6) is 0 Å². The Kier molecular flexibility index (Phi) is 4.48. The minimum Gasteiger partial charge on any atom is -0.369 e. The fourth-order valence-electron chi connectivity index (χ4n) is 2.80. The fraction of sp³-hybridized carbons (Fsp3) is 0.412. The molecular weight excluding hydrogens is 298 g/mol. The minimum atomic E-state index is -0.221. The SMILES string of the molecule is CC1CCN(c2cnn(Cc3ccccc3)c(=O)c2Cl)CC1. The lowest BCUT2D eigenvalue weighted by atomic mass is 9.99. The molecule has 1 fully saturated rings. The van der Waals surface area contributed by atoms with Crippen molar-refractivity contribution in [3.05, 3.63) is 57.5 Å². The Morgan fingerprint density at radius 2 is 1.91 bits per heavy atom. The van der Waals surface area contributed by atoms with Crippen LogP contribution in [-0.4, -0.2) is 22.9 Å². The van der Waals surface area contributed by atoms with E-state index >= 15 is 0 Å². The number of hydrogen-bond acceptors (Lipinski definition) is 3. The van der Waals surface area contributed by atoms with Crippen molar-refractivity contribution in [3.63, 3.8) is 0 Å². The third kappa shape index (κ3) is 3.17. The first-order valence-corrected chi connectivity index (χ1v) is 8.07. The van der Waals surface area contributed by atoms with Gasteiger partial charge < -0.3 is 4.90 Å². The van der Waals surface area contributed by atoms with Gasteiger partial charge in [-0.25, -0.2) is 4.68 Å². The van der Waals surface area contributed by atoms with Crippen LogP contribution in [0.4, 0.5) is 5.69 Å². The van der Waals surface area contributed by atoms with Gasteiger partial charge in [-0.15, -0.1) is 0 Å². The lowest BCUT2D eigenvalue weighted by Crippen LogP contribution is -2.35. The number of anilines is 1. The lowest BCUT2D eigenvalue weighted by Gasteiger charge is -2.32. The molecule has 0 N–H and O–H groups in total. The van der Waals surface area contributed by atoms with Crippen LogP contribution in [0.15, 0.2) is 41.3 Å². The van der Waals surface area contributed by atoms with Crippen LogP contribution in [0.3, 0.4) is 0 Å². The van der Waals surface area contributed by atoms with E-state index in [1.807, 2.05) is 30.3 Å². The van der Waals surface area contributed by atoms with Gasteiger partial charge >= 0.3 is 0 Å². The number of rotatable bonds is 3. The maximum atomic E-state index is 12.4. The molecule has 3 rings (SSSR count). The molecule has 4 nitrogen and oxygen atoms in total. The zero-order chi connectivity index (χ0) is 15.5. The van der Waals surface area contributed by atoms with Crippen LogP contribution in [0.1, 0.15) is 25.3 Å². The van der Waals surface area contributed by atoms with Crippen LogP contribution in [0.2, 0.25) is 5.02 Å². The molecule has 0 amide bonds. The van der Waals surface area contributed by atoms with E-state index in [1.54, 1.807) is 6.20 Å². The quantitative estimate of drug-likeness (QED) is 0.872. The van der Waals surface area contributed by atoms with Gasteiger partial charge in [0.1, 0.15) is 5.02 Å². The summed E-state index contributed by atoms with van der Waals surface area (Å²) < 4.78 is 1.42. The highest BCUT2D eigenvalue weighted by Gasteiger charge is 2.20. The Bertz CT molecular complexity index is 691. The van der Waals surface area contributed by atoms with Crippen molar-refractivity contribution in [2.75, 3.05) is 18.0 Å². The van der Waals surface area contributed by atoms with Gasteiger partial charge in [-0.3, -0.25) is 4.79 Å². The Morgan fingerprint density at radius 1 is 1.23 bits per heavy atom. The maximum Gasteiger partial charge on any atom is 0.287 e. The van der Waals surface area contributed by atoms with Crippen LogP contribution < -0.4 is 10.5 Å². The van der Waals surface area contributed by atoms with Gasteiger partial charge in [-0.05, 0) is 24.3 Å². The summed E-state index contributed by atoms with van der Waals surface area (Å²) in [6.07, 6.45) is 3.98. The number of nitrogens with zero attached hydrogens (tertiary/aromatic N) is 3. The van der Waals surface area contributed by atoms with E-state index in [2.05, 4.69) is 16.9 Å². The van der Waals surface area contributed by atoms with Gasteiger partial charge in [0.25, 0.3) is 5.56 Å². The summed E-state index contributed by atoms with van der Waals surface area (Å²) >= 11 is 6.32. The summed E-state index contributed by atoms with van der Waals surface area (Å²) in [4.78, 5) is 14.6. The molecule has 1 aromatic carbocycles. The zero-order valence-corrected chi connectivity index (χ0v) is 13.5. The van der Waals surface area contributed by atoms with Crippen molar-refractivity contribution in [3.8, 4) is 0 Å². The maximum absolute atomic E-state index is 12.4. The summed E-state index contributed by atoms with van der Waals surface area (Å²) in [5, 5.41) is 4.58. The van der Waals surface area contributed by atoms with E-state index in [9.17, 15) is 4.79 Å². The lowest BCUT2D eigenvalue weighted by molar-refractivity contribution is 0.437. The van der Waals surface area contributed by atoms with Crippen molar-refractivity contribution >= 4 is 17.3 Å². The molecule has 1 aromatic heterocycles. The molecule has 0 bridgehead atoms. The molecule has 116 valence electrons. The van der Waals surface area contributed by atoms with E-state index < -0.39 is 0 Å². The summed E-state index contributed by atoms with van der Waals surface area (Å²) in [6.45, 7) is 4.57. The summed E-state index contributed by atoms with van der Waals surface area (Å²) in [5.41, 5.74) is 1.58. The summed E-state index contributed by atoms with van der Waals surface area (Å²) in [7, 11) is 0. The summed E-state index contributed by atoms with van der Waals surface area (Å²) in [5.74, 6) is 0.737. The van der Waals surface area contributed by atoms with Crippen molar-refractivity contribution in [2.45, 2.75) is 26.3 Å². The van der Waals surface area contributed by atoms with E-state index in [-0.39, 0.29) is 10.6 Å². The largest absolute Gasteiger partial charge is 0.369 e. The molecule has 2 heterocycles. The Morgan fingerprint density at radius 3 is 2.59 bits per heavy atom. The highest BCUT2D eigenvalue weighted by Crippen LogP contribution is 2.26.